The quantitative estimate of drug-likeness (QED) is 0.733. The van der Waals surface area contributed by atoms with Gasteiger partial charge in [-0.15, -0.1) is 0 Å². The Hall–Kier alpha value is -0.490. The van der Waals surface area contributed by atoms with Gasteiger partial charge in [0.15, 0.2) is 6.79 Å². The van der Waals surface area contributed by atoms with Crippen molar-refractivity contribution in [3.63, 3.8) is 0 Å². The lowest BCUT2D eigenvalue weighted by Crippen LogP contribution is -2.14. The van der Waals surface area contributed by atoms with Crippen LogP contribution in [-0.2, 0) is 20.4 Å². The second-order valence-corrected chi connectivity index (χ2v) is 5.81. The Kier molecular flexibility index (Phi) is 2.81. The number of halogens is 2. The second kappa shape index (κ2) is 3.83. The van der Waals surface area contributed by atoms with Crippen LogP contribution >= 0.6 is 22.3 Å². The van der Waals surface area contributed by atoms with Crippen LogP contribution in [-0.4, -0.2) is 15.2 Å². The van der Waals surface area contributed by atoms with Gasteiger partial charge in [0.05, 0.1) is 11.6 Å². The van der Waals surface area contributed by atoms with Crippen LogP contribution in [0.1, 0.15) is 5.56 Å². The van der Waals surface area contributed by atoms with E-state index in [1.54, 1.807) is 6.07 Å². The smallest absolute Gasteiger partial charge is 0.263 e. The van der Waals surface area contributed by atoms with E-state index in [1.165, 1.54) is 6.07 Å². The minimum Gasteiger partial charge on any atom is -0.467 e. The molecule has 1 heterocycles. The van der Waals surface area contributed by atoms with Crippen LogP contribution in [0.15, 0.2) is 17.0 Å². The monoisotopic (exact) mass is 268 g/mol. The third-order valence-corrected chi connectivity index (χ3v) is 3.80. The standard InChI is InChI=1S/C8H6Cl2O4S/c9-6-1-2-7-5(3-13-4-14-7)8(6)15(10,11)12/h1-2H,3-4H2. The summed E-state index contributed by atoms with van der Waals surface area (Å²) < 4.78 is 32.7. The van der Waals surface area contributed by atoms with E-state index in [-0.39, 0.29) is 23.3 Å². The maximum Gasteiger partial charge on any atom is 0.263 e. The average molecular weight is 269 g/mol. The zero-order valence-electron chi connectivity index (χ0n) is 7.37. The van der Waals surface area contributed by atoms with E-state index in [0.717, 1.165) is 0 Å². The van der Waals surface area contributed by atoms with Gasteiger partial charge in [-0.1, -0.05) is 11.6 Å². The Bertz CT molecular complexity index is 498. The zero-order valence-corrected chi connectivity index (χ0v) is 9.69. The van der Waals surface area contributed by atoms with Gasteiger partial charge in [-0.2, -0.15) is 0 Å². The highest BCUT2D eigenvalue weighted by molar-refractivity contribution is 8.13. The normalized spacial score (nSPS) is 15.6. The van der Waals surface area contributed by atoms with E-state index >= 15 is 0 Å². The molecule has 0 atom stereocenters. The van der Waals surface area contributed by atoms with Crippen molar-refractivity contribution in [2.45, 2.75) is 11.5 Å². The summed E-state index contributed by atoms with van der Waals surface area (Å²) in [5, 5.41) is 0.0675. The highest BCUT2D eigenvalue weighted by Crippen LogP contribution is 2.36. The number of hydrogen-bond donors (Lipinski definition) is 0. The molecule has 2 rings (SSSR count). The van der Waals surface area contributed by atoms with Crippen molar-refractivity contribution >= 4 is 31.3 Å². The Labute approximate surface area is 96.1 Å². The lowest BCUT2D eigenvalue weighted by molar-refractivity contribution is -0.0179. The summed E-state index contributed by atoms with van der Waals surface area (Å²) >= 11 is 5.77. The molecular weight excluding hydrogens is 263 g/mol. The molecule has 0 spiro atoms. The van der Waals surface area contributed by atoms with Crippen LogP contribution in [0.25, 0.3) is 0 Å². The first-order chi connectivity index (χ1) is 7.00. The molecule has 0 unspecified atom stereocenters. The first-order valence-corrected chi connectivity index (χ1v) is 6.65. The lowest BCUT2D eigenvalue weighted by Gasteiger charge is -2.19. The zero-order chi connectivity index (χ0) is 11.1. The fourth-order valence-corrected chi connectivity index (χ4v) is 3.25. The molecule has 1 aromatic rings. The number of hydrogen-bond acceptors (Lipinski definition) is 4. The molecule has 1 aromatic carbocycles. The second-order valence-electron chi connectivity index (χ2n) is 2.90. The van der Waals surface area contributed by atoms with Gasteiger partial charge < -0.3 is 9.47 Å². The van der Waals surface area contributed by atoms with Gasteiger partial charge in [-0.25, -0.2) is 8.42 Å². The molecule has 0 fully saturated rings. The summed E-state index contributed by atoms with van der Waals surface area (Å²) in [7, 11) is 1.38. The van der Waals surface area contributed by atoms with Gasteiger partial charge in [0.25, 0.3) is 9.05 Å². The summed E-state index contributed by atoms with van der Waals surface area (Å²) in [6, 6.07) is 3.02. The molecule has 0 saturated carbocycles. The van der Waals surface area contributed by atoms with E-state index in [9.17, 15) is 8.42 Å². The van der Waals surface area contributed by atoms with E-state index in [2.05, 4.69) is 0 Å². The van der Waals surface area contributed by atoms with Crippen LogP contribution in [0.5, 0.6) is 5.75 Å². The largest absolute Gasteiger partial charge is 0.467 e. The molecule has 82 valence electrons. The van der Waals surface area contributed by atoms with Crippen molar-refractivity contribution in [3.8, 4) is 5.75 Å². The minimum atomic E-state index is -3.89. The van der Waals surface area contributed by atoms with Crippen LogP contribution in [0, 0.1) is 0 Å². The van der Waals surface area contributed by atoms with E-state index in [1.807, 2.05) is 0 Å². The fraction of sp³-hybridized carbons (Fsp3) is 0.250. The van der Waals surface area contributed by atoms with Crippen molar-refractivity contribution in [1.82, 2.24) is 0 Å². The average Bonchev–Trinajstić information content (AvgIpc) is 2.15. The van der Waals surface area contributed by atoms with Gasteiger partial charge in [-0.3, -0.25) is 0 Å². The van der Waals surface area contributed by atoms with Crippen molar-refractivity contribution in [3.05, 3.63) is 22.7 Å². The summed E-state index contributed by atoms with van der Waals surface area (Å²) in [4.78, 5) is -0.136. The molecule has 1 aliphatic rings. The molecule has 0 amide bonds. The molecule has 0 radical (unpaired) electrons. The molecular formula is C8H6Cl2O4S. The summed E-state index contributed by atoms with van der Waals surface area (Å²) in [6.45, 7) is 0.216. The van der Waals surface area contributed by atoms with E-state index < -0.39 is 9.05 Å². The molecule has 0 saturated heterocycles. The molecule has 0 aromatic heterocycles. The van der Waals surface area contributed by atoms with Crippen molar-refractivity contribution in [2.24, 2.45) is 0 Å². The minimum absolute atomic E-state index is 0.0675. The SMILES string of the molecule is O=S(=O)(Cl)c1c(Cl)ccc2c1COCO2. The molecule has 15 heavy (non-hydrogen) atoms. The van der Waals surface area contributed by atoms with Gasteiger partial charge in [-0.05, 0) is 12.1 Å². The molecule has 0 aliphatic carbocycles. The molecule has 1 aliphatic heterocycles. The van der Waals surface area contributed by atoms with Crippen LogP contribution < -0.4 is 4.74 Å². The third-order valence-electron chi connectivity index (χ3n) is 1.96. The van der Waals surface area contributed by atoms with Crippen LogP contribution in [0.3, 0.4) is 0 Å². The predicted molar refractivity (Wildman–Crippen MR) is 54.8 cm³/mol. The Morgan fingerprint density at radius 2 is 2.07 bits per heavy atom. The molecule has 0 bridgehead atoms. The molecule has 0 N–H and O–H groups in total. The topological polar surface area (TPSA) is 52.6 Å². The Balaban J connectivity index is 2.71. The number of rotatable bonds is 1. The van der Waals surface area contributed by atoms with Crippen molar-refractivity contribution in [2.75, 3.05) is 6.79 Å². The van der Waals surface area contributed by atoms with Crippen LogP contribution in [0.4, 0.5) is 0 Å². The summed E-state index contributed by atoms with van der Waals surface area (Å²) in [6.07, 6.45) is 0. The van der Waals surface area contributed by atoms with Gasteiger partial charge >= 0.3 is 0 Å². The number of ether oxygens (including phenoxy) is 2. The number of benzene rings is 1. The Morgan fingerprint density at radius 1 is 1.33 bits per heavy atom. The highest BCUT2D eigenvalue weighted by atomic mass is 35.7. The van der Waals surface area contributed by atoms with Gasteiger partial charge in [0.1, 0.15) is 10.6 Å². The third kappa shape index (κ3) is 2.06. The van der Waals surface area contributed by atoms with E-state index in [0.29, 0.717) is 11.3 Å². The maximum atomic E-state index is 11.3. The van der Waals surface area contributed by atoms with Gasteiger partial charge in [0.2, 0.25) is 0 Å². The van der Waals surface area contributed by atoms with E-state index in [4.69, 9.17) is 31.8 Å². The van der Waals surface area contributed by atoms with Crippen molar-refractivity contribution < 1.29 is 17.9 Å². The molecule has 4 nitrogen and oxygen atoms in total. The Morgan fingerprint density at radius 3 is 2.73 bits per heavy atom. The lowest BCUT2D eigenvalue weighted by atomic mass is 10.2. The van der Waals surface area contributed by atoms with Gasteiger partial charge in [0, 0.05) is 16.2 Å². The predicted octanol–water partition coefficient (Wildman–Crippen LogP) is 2.13. The van der Waals surface area contributed by atoms with Crippen LogP contribution in [0.2, 0.25) is 5.02 Å². The first-order valence-electron chi connectivity index (χ1n) is 3.97. The fourth-order valence-electron chi connectivity index (χ4n) is 1.37. The summed E-state index contributed by atoms with van der Waals surface area (Å²) in [5.74, 6) is 0.435. The van der Waals surface area contributed by atoms with Crippen molar-refractivity contribution in [1.29, 1.82) is 0 Å². The highest BCUT2D eigenvalue weighted by Gasteiger charge is 2.25. The number of fused-ring (bicyclic) bond motifs is 1. The molecule has 7 heteroatoms. The first kappa shape index (κ1) is 11.0. The maximum absolute atomic E-state index is 11.3. The summed E-state index contributed by atoms with van der Waals surface area (Å²) in [5.41, 5.74) is 0.365.